The number of ether oxygens (including phenoxy) is 1. The lowest BCUT2D eigenvalue weighted by Gasteiger charge is -2.34. The van der Waals surface area contributed by atoms with Crippen molar-refractivity contribution in [2.75, 3.05) is 4.90 Å². The van der Waals surface area contributed by atoms with E-state index in [9.17, 15) is 18.7 Å². The second-order valence-corrected chi connectivity index (χ2v) is 7.03. The Hall–Kier alpha value is -2.71. The number of anilines is 1. The van der Waals surface area contributed by atoms with E-state index in [4.69, 9.17) is 10.5 Å². The van der Waals surface area contributed by atoms with Crippen LogP contribution in [-0.4, -0.2) is 17.2 Å². The third-order valence-corrected chi connectivity index (χ3v) is 5.06. The first-order chi connectivity index (χ1) is 13.3. The highest BCUT2D eigenvalue weighted by Crippen LogP contribution is 2.34. The summed E-state index contributed by atoms with van der Waals surface area (Å²) < 4.78 is 32.8. The molecule has 2 aromatic carbocycles. The zero-order valence-corrected chi connectivity index (χ0v) is 16.4. The fourth-order valence-corrected chi connectivity index (χ4v) is 3.23. The molecule has 1 aliphatic heterocycles. The Morgan fingerprint density at radius 2 is 1.93 bits per heavy atom. The number of benzene rings is 2. The summed E-state index contributed by atoms with van der Waals surface area (Å²) in [5.74, 6) is -1.57. The summed E-state index contributed by atoms with van der Waals surface area (Å²) in [5.41, 5.74) is 7.11. The summed E-state index contributed by atoms with van der Waals surface area (Å²) >= 11 is 3.32. The minimum absolute atomic E-state index is 0.125. The first-order valence-electron chi connectivity index (χ1n) is 8.30. The maximum absolute atomic E-state index is 13.8. The van der Waals surface area contributed by atoms with Crippen molar-refractivity contribution in [3.05, 3.63) is 87.2 Å². The van der Waals surface area contributed by atoms with E-state index in [2.05, 4.69) is 15.9 Å². The third-order valence-electron chi connectivity index (χ3n) is 4.25. The zero-order valence-electron chi connectivity index (χ0n) is 14.8. The first kappa shape index (κ1) is 20.0. The number of hydrogen-bond donors (Lipinski definition) is 2. The van der Waals surface area contributed by atoms with E-state index < -0.39 is 23.8 Å². The van der Waals surface area contributed by atoms with E-state index in [0.717, 1.165) is 12.1 Å². The molecule has 8 heteroatoms. The van der Waals surface area contributed by atoms with Gasteiger partial charge in [0.05, 0.1) is 4.48 Å². The van der Waals surface area contributed by atoms with Crippen LogP contribution in [0.3, 0.4) is 0 Å². The Labute approximate surface area is 168 Å². The second-order valence-electron chi connectivity index (χ2n) is 6.18. The number of nitrogens with zero attached hydrogens (tertiary/aromatic N) is 1. The number of carbonyl (C=O) groups excluding carboxylic acids is 1. The van der Waals surface area contributed by atoms with Gasteiger partial charge in [0, 0.05) is 34.7 Å². The third kappa shape index (κ3) is 4.07. The molecule has 0 aromatic heterocycles. The van der Waals surface area contributed by atoms with Gasteiger partial charge < -0.3 is 20.5 Å². The summed E-state index contributed by atoms with van der Waals surface area (Å²) in [6.45, 7) is 1.65. The number of aliphatic hydroxyl groups excluding tert-OH is 1. The fraction of sp³-hybridized carbons (Fsp3) is 0.150. The molecule has 28 heavy (non-hydrogen) atoms. The Balaban J connectivity index is 1.79. The molecule has 0 saturated carbocycles. The topological polar surface area (TPSA) is 75.8 Å². The molecule has 1 atom stereocenters. The van der Waals surface area contributed by atoms with E-state index >= 15 is 0 Å². The van der Waals surface area contributed by atoms with Crippen LogP contribution in [0, 0.1) is 11.6 Å². The average molecular weight is 451 g/mol. The van der Waals surface area contributed by atoms with E-state index in [0.29, 0.717) is 27.2 Å². The summed E-state index contributed by atoms with van der Waals surface area (Å²) in [7, 11) is 0. The molecule has 0 saturated heterocycles. The summed E-state index contributed by atoms with van der Waals surface area (Å²) in [4.78, 5) is 12.8. The average Bonchev–Trinajstić information content (AvgIpc) is 2.65. The van der Waals surface area contributed by atoms with E-state index in [1.165, 1.54) is 6.07 Å². The van der Waals surface area contributed by atoms with Gasteiger partial charge in [0.25, 0.3) is 0 Å². The Morgan fingerprint density at radius 3 is 2.54 bits per heavy atom. The van der Waals surface area contributed by atoms with Gasteiger partial charge in [-0.3, -0.25) is 4.79 Å². The van der Waals surface area contributed by atoms with E-state index in [-0.39, 0.29) is 12.2 Å². The zero-order chi connectivity index (χ0) is 20.4. The van der Waals surface area contributed by atoms with Crippen LogP contribution in [0.4, 0.5) is 14.5 Å². The summed E-state index contributed by atoms with van der Waals surface area (Å²) in [6.07, 6.45) is 0.595. The highest BCUT2D eigenvalue weighted by Gasteiger charge is 2.28. The van der Waals surface area contributed by atoms with Gasteiger partial charge in [-0.15, -0.1) is 0 Å². The van der Waals surface area contributed by atoms with Crippen LogP contribution in [0.1, 0.15) is 22.8 Å². The molecule has 1 unspecified atom stereocenters. The number of aliphatic hydroxyl groups is 1. The van der Waals surface area contributed by atoms with E-state index in [1.807, 2.05) is 0 Å². The summed E-state index contributed by atoms with van der Waals surface area (Å²) in [6, 6.07) is 9.72. The normalized spacial score (nSPS) is 16.8. The van der Waals surface area contributed by atoms with Gasteiger partial charge in [-0.2, -0.15) is 0 Å². The molecule has 3 rings (SSSR count). The van der Waals surface area contributed by atoms with Crippen molar-refractivity contribution in [2.45, 2.75) is 19.8 Å². The van der Waals surface area contributed by atoms with Crippen LogP contribution >= 0.6 is 15.9 Å². The number of primary amides is 1. The maximum Gasteiger partial charge on any atom is 0.248 e. The fourth-order valence-electron chi connectivity index (χ4n) is 2.80. The first-order valence-corrected chi connectivity index (χ1v) is 9.09. The predicted molar refractivity (Wildman–Crippen MR) is 104 cm³/mol. The van der Waals surface area contributed by atoms with Crippen LogP contribution < -0.4 is 10.6 Å². The SMILES string of the molecule is CC1=CC(OCc2ccc(F)cc2F)=C(Br)C(O)N1c1ccc(C(N)=O)cc1. The van der Waals surface area contributed by atoms with Gasteiger partial charge in [0.2, 0.25) is 5.91 Å². The molecule has 3 N–H and O–H groups in total. The molecular formula is C20H17BrF2N2O3. The molecule has 0 spiro atoms. The molecule has 1 amide bonds. The maximum atomic E-state index is 13.8. The number of carbonyl (C=O) groups is 1. The minimum Gasteiger partial charge on any atom is -0.488 e. The number of amides is 1. The largest absolute Gasteiger partial charge is 0.488 e. The quantitative estimate of drug-likeness (QED) is 0.723. The second kappa shape index (κ2) is 8.12. The lowest BCUT2D eigenvalue weighted by atomic mass is 10.1. The van der Waals surface area contributed by atoms with Crippen LogP contribution in [0.2, 0.25) is 0 Å². The standard InChI is InChI=1S/C20H17BrF2N2O3/c1-11-8-17(28-10-13-2-5-14(22)9-16(13)23)18(21)20(27)25(11)15-6-3-12(4-7-15)19(24)26/h2-9,20,27H,10H2,1H3,(H2,24,26). The van der Waals surface area contributed by atoms with Crippen LogP contribution in [-0.2, 0) is 11.3 Å². The Kier molecular flexibility index (Phi) is 5.81. The lowest BCUT2D eigenvalue weighted by molar-refractivity contribution is 0.100. The molecular weight excluding hydrogens is 434 g/mol. The van der Waals surface area contributed by atoms with Gasteiger partial charge >= 0.3 is 0 Å². The summed E-state index contributed by atoms with van der Waals surface area (Å²) in [5, 5.41) is 10.7. The number of hydrogen-bond acceptors (Lipinski definition) is 4. The molecule has 2 aromatic rings. The van der Waals surface area contributed by atoms with Crippen molar-refractivity contribution in [1.82, 2.24) is 0 Å². The number of rotatable bonds is 5. The highest BCUT2D eigenvalue weighted by molar-refractivity contribution is 9.11. The van der Waals surface area contributed by atoms with Crippen LogP contribution in [0.25, 0.3) is 0 Å². The van der Waals surface area contributed by atoms with Crippen molar-refractivity contribution in [3.8, 4) is 0 Å². The van der Waals surface area contributed by atoms with Crippen LogP contribution in [0.15, 0.2) is 64.5 Å². The van der Waals surface area contributed by atoms with Crippen molar-refractivity contribution in [3.63, 3.8) is 0 Å². The molecule has 0 aliphatic carbocycles. The van der Waals surface area contributed by atoms with Gasteiger partial charge in [-0.05, 0) is 59.3 Å². The molecule has 5 nitrogen and oxygen atoms in total. The van der Waals surface area contributed by atoms with Crippen molar-refractivity contribution >= 4 is 27.5 Å². The molecule has 0 radical (unpaired) electrons. The number of nitrogens with two attached hydrogens (primary N) is 1. The molecule has 1 aliphatic rings. The van der Waals surface area contributed by atoms with Gasteiger partial charge in [0.1, 0.15) is 24.0 Å². The van der Waals surface area contributed by atoms with Crippen LogP contribution in [0.5, 0.6) is 0 Å². The molecule has 146 valence electrons. The molecule has 0 fully saturated rings. The smallest absolute Gasteiger partial charge is 0.248 e. The predicted octanol–water partition coefficient (Wildman–Crippen LogP) is 3.93. The van der Waals surface area contributed by atoms with E-state index in [1.54, 1.807) is 42.2 Å². The van der Waals surface area contributed by atoms with Crippen molar-refractivity contribution in [2.24, 2.45) is 5.73 Å². The molecule has 0 bridgehead atoms. The van der Waals surface area contributed by atoms with Gasteiger partial charge in [0.15, 0.2) is 6.23 Å². The highest BCUT2D eigenvalue weighted by atomic mass is 79.9. The van der Waals surface area contributed by atoms with Gasteiger partial charge in [-0.25, -0.2) is 8.78 Å². The Bertz CT molecular complexity index is 974. The number of halogens is 3. The molecule has 1 heterocycles. The lowest BCUT2D eigenvalue weighted by Crippen LogP contribution is -2.37. The van der Waals surface area contributed by atoms with Crippen molar-refractivity contribution in [1.29, 1.82) is 0 Å². The Morgan fingerprint density at radius 1 is 1.25 bits per heavy atom. The minimum atomic E-state index is -1.09. The van der Waals surface area contributed by atoms with Gasteiger partial charge in [-0.1, -0.05) is 0 Å². The van der Waals surface area contributed by atoms with Crippen molar-refractivity contribution < 1.29 is 23.4 Å². The monoisotopic (exact) mass is 450 g/mol. The number of allylic oxidation sites excluding steroid dienone is 2.